The molecule has 0 aliphatic rings. The predicted octanol–water partition coefficient (Wildman–Crippen LogP) is 3.94. The van der Waals surface area contributed by atoms with Gasteiger partial charge in [0, 0.05) is 24.2 Å². The Morgan fingerprint density at radius 2 is 1.96 bits per heavy atom. The number of aryl methyl sites for hydroxylation is 3. The summed E-state index contributed by atoms with van der Waals surface area (Å²) >= 11 is 0. The maximum absolute atomic E-state index is 11.5. The third kappa shape index (κ3) is 3.42. The average Bonchev–Trinajstić information content (AvgIpc) is 2.81. The fourth-order valence-corrected chi connectivity index (χ4v) is 3.33. The number of carboxylic acids is 1. The summed E-state index contributed by atoms with van der Waals surface area (Å²) in [6.07, 6.45) is 4.52. The van der Waals surface area contributed by atoms with Crippen LogP contribution in [0.1, 0.15) is 60.3 Å². The summed E-state index contributed by atoms with van der Waals surface area (Å²) in [6, 6.07) is 3.61. The average molecular weight is 317 g/mol. The van der Waals surface area contributed by atoms with Crippen LogP contribution < -0.4 is 0 Å². The molecule has 0 saturated carbocycles. The van der Waals surface area contributed by atoms with Crippen molar-refractivity contribution < 1.29 is 15.0 Å². The van der Waals surface area contributed by atoms with Gasteiger partial charge in [-0.1, -0.05) is 20.3 Å². The number of nitrogens with zero attached hydrogens (tertiary/aromatic N) is 1. The summed E-state index contributed by atoms with van der Waals surface area (Å²) < 4.78 is 2.34. The van der Waals surface area contributed by atoms with Gasteiger partial charge in [-0.2, -0.15) is 0 Å². The van der Waals surface area contributed by atoms with Crippen molar-refractivity contribution >= 4 is 16.9 Å². The molecule has 23 heavy (non-hydrogen) atoms. The third-order valence-electron chi connectivity index (χ3n) is 4.57. The van der Waals surface area contributed by atoms with Crippen molar-refractivity contribution in [3.8, 4) is 0 Å². The van der Waals surface area contributed by atoms with Crippen LogP contribution in [-0.2, 0) is 19.4 Å². The van der Waals surface area contributed by atoms with Crippen LogP contribution in [0.2, 0.25) is 0 Å². The topological polar surface area (TPSA) is 62.5 Å². The molecule has 4 heteroatoms. The minimum atomic E-state index is -0.881. The minimum absolute atomic E-state index is 0.153. The van der Waals surface area contributed by atoms with E-state index in [1.54, 1.807) is 6.07 Å². The van der Waals surface area contributed by atoms with Gasteiger partial charge in [-0.05, 0) is 55.9 Å². The van der Waals surface area contributed by atoms with Crippen molar-refractivity contribution in [3.63, 3.8) is 0 Å². The predicted molar refractivity (Wildman–Crippen MR) is 93.3 cm³/mol. The van der Waals surface area contributed by atoms with E-state index in [-0.39, 0.29) is 6.61 Å². The second kappa shape index (κ2) is 7.64. The number of aliphatic hydroxyl groups is 1. The number of hydrogen-bond acceptors (Lipinski definition) is 2. The molecule has 0 unspecified atom stereocenters. The van der Waals surface area contributed by atoms with Crippen LogP contribution in [-0.4, -0.2) is 27.4 Å². The molecule has 0 aliphatic carbocycles. The van der Waals surface area contributed by atoms with Crippen LogP contribution in [0.5, 0.6) is 0 Å². The van der Waals surface area contributed by atoms with Crippen LogP contribution in [0.3, 0.4) is 0 Å². The monoisotopic (exact) mass is 317 g/mol. The molecule has 0 amide bonds. The molecule has 2 aromatic rings. The Kier molecular flexibility index (Phi) is 5.83. The quantitative estimate of drug-likeness (QED) is 0.775. The number of aliphatic hydroxyl groups excluding tert-OH is 1. The van der Waals surface area contributed by atoms with Crippen LogP contribution in [0.15, 0.2) is 12.1 Å². The number of carboxylic acid groups (broad SMARTS) is 1. The van der Waals surface area contributed by atoms with Crippen LogP contribution in [0, 0.1) is 6.92 Å². The molecule has 0 spiro atoms. The van der Waals surface area contributed by atoms with Crippen molar-refractivity contribution in [2.45, 2.75) is 59.4 Å². The molecule has 1 aromatic carbocycles. The van der Waals surface area contributed by atoms with Crippen molar-refractivity contribution in [2.24, 2.45) is 0 Å². The smallest absolute Gasteiger partial charge is 0.335 e. The molecular formula is C19H27NO3. The molecule has 0 aliphatic heterocycles. The van der Waals surface area contributed by atoms with Gasteiger partial charge in [0.15, 0.2) is 0 Å². The zero-order valence-corrected chi connectivity index (χ0v) is 14.4. The van der Waals surface area contributed by atoms with E-state index in [1.807, 2.05) is 6.07 Å². The van der Waals surface area contributed by atoms with Crippen molar-refractivity contribution in [3.05, 3.63) is 34.5 Å². The largest absolute Gasteiger partial charge is 0.478 e. The van der Waals surface area contributed by atoms with Crippen molar-refractivity contribution in [2.75, 3.05) is 6.61 Å². The number of fused-ring (bicyclic) bond motifs is 1. The van der Waals surface area contributed by atoms with Gasteiger partial charge in [-0.15, -0.1) is 0 Å². The lowest BCUT2D eigenvalue weighted by atomic mass is 10.00. The first-order valence-corrected chi connectivity index (χ1v) is 8.53. The van der Waals surface area contributed by atoms with Gasteiger partial charge in [-0.25, -0.2) is 4.79 Å². The Bertz CT molecular complexity index is 700. The number of rotatable bonds is 8. The van der Waals surface area contributed by atoms with Crippen molar-refractivity contribution in [1.29, 1.82) is 0 Å². The normalized spacial score (nSPS) is 11.3. The second-order valence-electron chi connectivity index (χ2n) is 6.09. The lowest BCUT2D eigenvalue weighted by Gasteiger charge is -2.11. The van der Waals surface area contributed by atoms with E-state index >= 15 is 0 Å². The van der Waals surface area contributed by atoms with E-state index in [1.165, 1.54) is 16.8 Å². The highest BCUT2D eigenvalue weighted by atomic mass is 16.4. The van der Waals surface area contributed by atoms with E-state index in [0.29, 0.717) is 12.0 Å². The Morgan fingerprint density at radius 1 is 1.22 bits per heavy atom. The van der Waals surface area contributed by atoms with Crippen molar-refractivity contribution in [1.82, 2.24) is 4.57 Å². The molecule has 4 nitrogen and oxygen atoms in total. The molecule has 0 saturated heterocycles. The summed E-state index contributed by atoms with van der Waals surface area (Å²) in [5.74, 6) is -0.881. The van der Waals surface area contributed by atoms with E-state index < -0.39 is 5.97 Å². The lowest BCUT2D eigenvalue weighted by molar-refractivity contribution is 0.0697. The molecule has 0 fully saturated rings. The van der Waals surface area contributed by atoms with E-state index in [9.17, 15) is 15.0 Å². The highest BCUT2D eigenvalue weighted by molar-refractivity contribution is 5.97. The number of unbranched alkanes of at least 4 members (excludes halogenated alkanes) is 1. The summed E-state index contributed by atoms with van der Waals surface area (Å²) in [6.45, 7) is 7.47. The zero-order chi connectivity index (χ0) is 17.0. The fourth-order valence-electron chi connectivity index (χ4n) is 3.33. The molecular weight excluding hydrogens is 290 g/mol. The van der Waals surface area contributed by atoms with Gasteiger partial charge in [0.25, 0.3) is 0 Å². The Balaban J connectivity index is 2.73. The van der Waals surface area contributed by atoms with Gasteiger partial charge >= 0.3 is 5.97 Å². The fraction of sp³-hybridized carbons (Fsp3) is 0.526. The standard InChI is InChI=1S/C19H27NO3/c1-4-6-9-20-13(3)16(8-7-10-21)17-12-15(19(22)23)11-14(5-2)18(17)20/h11-12,21H,4-10H2,1-3H3,(H,22,23). The third-order valence-corrected chi connectivity index (χ3v) is 4.57. The lowest BCUT2D eigenvalue weighted by Crippen LogP contribution is -2.03. The molecule has 2 N–H and O–H groups in total. The van der Waals surface area contributed by atoms with Gasteiger partial charge in [-0.3, -0.25) is 0 Å². The van der Waals surface area contributed by atoms with E-state index in [2.05, 4.69) is 25.3 Å². The first kappa shape index (κ1) is 17.5. The number of aromatic nitrogens is 1. The van der Waals surface area contributed by atoms with E-state index in [0.717, 1.165) is 43.2 Å². The molecule has 2 rings (SSSR count). The highest BCUT2D eigenvalue weighted by Crippen LogP contribution is 2.32. The molecule has 126 valence electrons. The maximum atomic E-state index is 11.5. The number of carbonyl (C=O) groups is 1. The molecule has 1 aromatic heterocycles. The summed E-state index contributed by atoms with van der Waals surface area (Å²) in [5, 5.41) is 19.6. The molecule has 0 atom stereocenters. The summed E-state index contributed by atoms with van der Waals surface area (Å²) in [7, 11) is 0. The van der Waals surface area contributed by atoms with Gasteiger partial charge in [0.2, 0.25) is 0 Å². The van der Waals surface area contributed by atoms with Gasteiger partial charge in [0.05, 0.1) is 11.1 Å². The maximum Gasteiger partial charge on any atom is 0.335 e. The van der Waals surface area contributed by atoms with Crippen LogP contribution >= 0.6 is 0 Å². The van der Waals surface area contributed by atoms with Gasteiger partial charge in [0.1, 0.15) is 0 Å². The Hall–Kier alpha value is -1.81. The number of hydrogen-bond donors (Lipinski definition) is 2. The van der Waals surface area contributed by atoms with Crippen LogP contribution in [0.25, 0.3) is 10.9 Å². The first-order chi connectivity index (χ1) is 11.0. The SMILES string of the molecule is CCCCn1c(C)c(CCCO)c2cc(C(=O)O)cc(CC)c21. The number of benzene rings is 1. The molecule has 1 heterocycles. The summed E-state index contributed by atoms with van der Waals surface area (Å²) in [4.78, 5) is 11.5. The second-order valence-corrected chi connectivity index (χ2v) is 6.09. The Morgan fingerprint density at radius 3 is 2.52 bits per heavy atom. The van der Waals surface area contributed by atoms with E-state index in [4.69, 9.17) is 0 Å². The number of aromatic carboxylic acids is 1. The zero-order valence-electron chi connectivity index (χ0n) is 14.4. The minimum Gasteiger partial charge on any atom is -0.478 e. The first-order valence-electron chi connectivity index (χ1n) is 8.53. The summed E-state index contributed by atoms with van der Waals surface area (Å²) in [5.41, 5.74) is 5.01. The molecule has 0 bridgehead atoms. The van der Waals surface area contributed by atoms with Gasteiger partial charge < -0.3 is 14.8 Å². The Labute approximate surface area is 137 Å². The highest BCUT2D eigenvalue weighted by Gasteiger charge is 2.18. The molecule has 0 radical (unpaired) electrons. The van der Waals surface area contributed by atoms with Crippen LogP contribution in [0.4, 0.5) is 0 Å².